The van der Waals surface area contributed by atoms with Gasteiger partial charge < -0.3 is 16.0 Å². The molecule has 3 N–H and O–H groups in total. The summed E-state index contributed by atoms with van der Waals surface area (Å²) in [6, 6.07) is 40.5. The van der Waals surface area contributed by atoms with Crippen LogP contribution in [0.3, 0.4) is 0 Å². The molecule has 1 atom stereocenters. The van der Waals surface area contributed by atoms with E-state index in [2.05, 4.69) is 20.9 Å². The second-order valence-electron chi connectivity index (χ2n) is 11.2. The smallest absolute Gasteiger partial charge is 0.272 e. The summed E-state index contributed by atoms with van der Waals surface area (Å²) in [5.74, 6) is -1.08. The number of nitrogens with one attached hydrogen (secondary N) is 3. The van der Waals surface area contributed by atoms with Crippen molar-refractivity contribution < 1.29 is 14.4 Å². The Labute approximate surface area is 303 Å². The molecule has 0 saturated heterocycles. The fourth-order valence-electron chi connectivity index (χ4n) is 4.98. The quantitative estimate of drug-likeness (QED) is 0.0917. The third-order valence-electron chi connectivity index (χ3n) is 7.46. The van der Waals surface area contributed by atoms with Gasteiger partial charge in [-0.1, -0.05) is 102 Å². The Morgan fingerprint density at radius 1 is 0.800 bits per heavy atom. The molecular weight excluding hydrogens is 684 g/mol. The van der Waals surface area contributed by atoms with Gasteiger partial charge in [0, 0.05) is 32.1 Å². The highest BCUT2D eigenvalue weighted by molar-refractivity contribution is 8.00. The Kier molecular flexibility index (Phi) is 11.2. The van der Waals surface area contributed by atoms with E-state index in [1.165, 1.54) is 23.1 Å². The summed E-state index contributed by atoms with van der Waals surface area (Å²) in [7, 11) is 0. The lowest BCUT2D eigenvalue weighted by atomic mass is 10.1. The topological polar surface area (TPSA) is 100 Å². The monoisotopic (exact) mass is 714 g/mol. The molecule has 0 spiro atoms. The van der Waals surface area contributed by atoms with Gasteiger partial charge in [0.25, 0.3) is 11.8 Å². The minimum absolute atomic E-state index is 0.102. The molecule has 1 aromatic heterocycles. The van der Waals surface area contributed by atoms with Crippen LogP contribution in [0.1, 0.15) is 32.3 Å². The summed E-state index contributed by atoms with van der Waals surface area (Å²) in [5, 5.41) is 11.1. The second kappa shape index (κ2) is 16.3. The Morgan fingerprint density at radius 3 is 2.20 bits per heavy atom. The molecule has 0 bridgehead atoms. The summed E-state index contributed by atoms with van der Waals surface area (Å²) >= 11 is 8.77. The lowest BCUT2D eigenvalue weighted by Gasteiger charge is -2.17. The van der Waals surface area contributed by atoms with Crippen LogP contribution in [0.15, 0.2) is 149 Å². The number of hydrogen-bond donors (Lipinski definition) is 3. The van der Waals surface area contributed by atoms with Gasteiger partial charge in [0.2, 0.25) is 5.91 Å². The zero-order valence-electron chi connectivity index (χ0n) is 26.8. The van der Waals surface area contributed by atoms with Crippen LogP contribution in [-0.4, -0.2) is 22.7 Å². The van der Waals surface area contributed by atoms with Gasteiger partial charge in [-0.25, -0.2) is 4.98 Å². The molecule has 10 heteroatoms. The van der Waals surface area contributed by atoms with Crippen molar-refractivity contribution in [2.75, 3.05) is 10.6 Å². The summed E-state index contributed by atoms with van der Waals surface area (Å²) in [4.78, 5) is 45.6. The molecule has 50 heavy (non-hydrogen) atoms. The number of amides is 3. The van der Waals surface area contributed by atoms with Crippen molar-refractivity contribution in [3.63, 3.8) is 0 Å². The minimum Gasteiger partial charge on any atom is -0.321 e. The number of rotatable bonds is 11. The third kappa shape index (κ3) is 9.15. The minimum atomic E-state index is -0.573. The number of halogens is 1. The predicted octanol–water partition coefficient (Wildman–Crippen LogP) is 9.65. The van der Waals surface area contributed by atoms with Gasteiger partial charge in [-0.05, 0) is 72.7 Å². The van der Waals surface area contributed by atoms with Crippen LogP contribution in [0.2, 0.25) is 5.02 Å². The van der Waals surface area contributed by atoms with Crippen molar-refractivity contribution in [2.45, 2.75) is 17.1 Å². The number of nitrogens with zero attached hydrogens (tertiary/aromatic N) is 1. The van der Waals surface area contributed by atoms with Gasteiger partial charge in [0.1, 0.15) is 10.9 Å². The van der Waals surface area contributed by atoms with Crippen LogP contribution in [0, 0.1) is 6.92 Å². The molecule has 0 aliphatic rings. The summed E-state index contributed by atoms with van der Waals surface area (Å²) in [6.45, 7) is 1.96. The highest BCUT2D eigenvalue weighted by Gasteiger charge is 2.23. The van der Waals surface area contributed by atoms with Gasteiger partial charge >= 0.3 is 0 Å². The molecule has 3 amide bonds. The van der Waals surface area contributed by atoms with Crippen LogP contribution in [0.4, 0.5) is 10.8 Å². The Balaban J connectivity index is 1.17. The van der Waals surface area contributed by atoms with E-state index in [-0.39, 0.29) is 11.6 Å². The number of thioether (sulfide) groups is 1. The van der Waals surface area contributed by atoms with Crippen LogP contribution in [0.5, 0.6) is 0 Å². The van der Waals surface area contributed by atoms with Crippen LogP contribution in [0.25, 0.3) is 17.3 Å². The first kappa shape index (κ1) is 34.4. The largest absolute Gasteiger partial charge is 0.321 e. The zero-order chi connectivity index (χ0) is 34.9. The number of anilines is 2. The number of aryl methyl sites for hydroxylation is 1. The average molecular weight is 715 g/mol. The maximum Gasteiger partial charge on any atom is 0.272 e. The van der Waals surface area contributed by atoms with E-state index in [0.717, 1.165) is 32.8 Å². The van der Waals surface area contributed by atoms with Gasteiger partial charge in [0.15, 0.2) is 5.13 Å². The van der Waals surface area contributed by atoms with E-state index < -0.39 is 17.1 Å². The molecule has 0 saturated carbocycles. The number of aromatic nitrogens is 1. The molecule has 5 aromatic carbocycles. The summed E-state index contributed by atoms with van der Waals surface area (Å²) < 4.78 is 0. The number of carbonyl (C=O) groups excluding carboxylic acids is 3. The molecule has 6 rings (SSSR count). The number of thiazole rings is 1. The third-order valence-corrected chi connectivity index (χ3v) is 9.74. The van der Waals surface area contributed by atoms with Crippen molar-refractivity contribution in [2.24, 2.45) is 0 Å². The van der Waals surface area contributed by atoms with Crippen LogP contribution in [-0.2, 0) is 9.59 Å². The first-order valence-corrected chi connectivity index (χ1v) is 17.7. The Hall–Kier alpha value is -5.48. The van der Waals surface area contributed by atoms with E-state index >= 15 is 0 Å². The first-order chi connectivity index (χ1) is 24.3. The highest BCUT2D eigenvalue weighted by Crippen LogP contribution is 2.37. The molecule has 0 fully saturated rings. The van der Waals surface area contributed by atoms with Gasteiger partial charge in [0.05, 0.1) is 5.69 Å². The number of hydrogen-bond acceptors (Lipinski definition) is 6. The van der Waals surface area contributed by atoms with Gasteiger partial charge in [-0.2, -0.15) is 0 Å². The number of benzene rings is 5. The lowest BCUT2D eigenvalue weighted by molar-refractivity contribution is -0.116. The van der Waals surface area contributed by atoms with Crippen molar-refractivity contribution in [1.82, 2.24) is 10.3 Å². The lowest BCUT2D eigenvalue weighted by Crippen LogP contribution is -2.30. The molecule has 6 aromatic rings. The van der Waals surface area contributed by atoms with Gasteiger partial charge in [-0.3, -0.25) is 14.4 Å². The molecule has 1 unspecified atom stereocenters. The Morgan fingerprint density at radius 2 is 1.50 bits per heavy atom. The zero-order valence-corrected chi connectivity index (χ0v) is 29.2. The molecule has 0 aliphatic heterocycles. The van der Waals surface area contributed by atoms with E-state index in [4.69, 9.17) is 11.6 Å². The maximum atomic E-state index is 13.7. The second-order valence-corrected chi connectivity index (χ2v) is 13.7. The van der Waals surface area contributed by atoms with Crippen molar-refractivity contribution in [3.8, 4) is 11.3 Å². The first-order valence-electron chi connectivity index (χ1n) is 15.6. The van der Waals surface area contributed by atoms with Crippen molar-refractivity contribution in [1.29, 1.82) is 0 Å². The average Bonchev–Trinajstić information content (AvgIpc) is 3.60. The normalized spacial score (nSPS) is 11.8. The molecule has 248 valence electrons. The SMILES string of the molecule is Cc1cccc(/C=C(\NC(=O)c2ccccc2)C(=O)Nc2ccc(SC(C(=O)Nc3nc(-c4ccc(Cl)cc4)cs3)c3ccccc3)cc2)c1. The molecule has 0 aliphatic carbocycles. The summed E-state index contributed by atoms with van der Waals surface area (Å²) in [5.41, 5.74) is 5.36. The Bertz CT molecular complexity index is 2140. The highest BCUT2D eigenvalue weighted by atomic mass is 35.5. The fraction of sp³-hybridized carbons (Fsp3) is 0.0500. The fourth-order valence-corrected chi connectivity index (χ4v) is 6.85. The molecule has 7 nitrogen and oxygen atoms in total. The molecule has 0 radical (unpaired) electrons. The van der Waals surface area contributed by atoms with Gasteiger partial charge in [-0.15, -0.1) is 23.1 Å². The summed E-state index contributed by atoms with van der Waals surface area (Å²) in [6.07, 6.45) is 1.65. The van der Waals surface area contributed by atoms with Crippen molar-refractivity contribution >= 4 is 69.3 Å². The van der Waals surface area contributed by atoms with Crippen LogP contribution < -0.4 is 16.0 Å². The maximum absolute atomic E-state index is 13.7. The molecular formula is C40H31ClN4O3S2. The standard InChI is InChI=1S/C40H31ClN4O3S2/c1-26-9-8-10-27(23-26)24-34(43-37(46)30-13-6-3-7-14-30)38(47)42-32-19-21-33(22-20-32)50-36(29-11-4-2-5-12-29)39(48)45-40-44-35(25-49-40)28-15-17-31(41)18-16-28/h2-25,36H,1H3,(H,42,47)(H,43,46)(H,44,45,48)/b34-24-. The van der Waals surface area contributed by atoms with E-state index in [1.807, 2.05) is 97.2 Å². The van der Waals surface area contributed by atoms with Crippen LogP contribution >= 0.6 is 34.7 Å². The predicted molar refractivity (Wildman–Crippen MR) is 204 cm³/mol. The van der Waals surface area contributed by atoms with E-state index in [0.29, 0.717) is 21.4 Å². The van der Waals surface area contributed by atoms with E-state index in [1.54, 1.807) is 54.6 Å². The number of carbonyl (C=O) groups is 3. The van der Waals surface area contributed by atoms with Crippen molar-refractivity contribution in [3.05, 3.63) is 172 Å². The molecule has 1 heterocycles. The van der Waals surface area contributed by atoms with E-state index in [9.17, 15) is 14.4 Å².